The highest BCUT2D eigenvalue weighted by atomic mass is 35.5. The molecule has 0 saturated carbocycles. The Morgan fingerprint density at radius 2 is 1.64 bits per heavy atom. The standard InChI is InChI=1S/C21H23ClN4O2/c1-27-18-6-8-19(9-7-18)28-15-14-23-20-11-13-25-21(26-20)24-12-10-16-2-4-17(22)5-3-16/h2-9,11,13H,10,12,14-15H2,1H3,(H2,23,24,25,26). The van der Waals surface area contributed by atoms with Crippen molar-refractivity contribution in [1.29, 1.82) is 0 Å². The lowest BCUT2D eigenvalue weighted by Gasteiger charge is -2.10. The lowest BCUT2D eigenvalue weighted by Crippen LogP contribution is -2.14. The van der Waals surface area contributed by atoms with Crippen LogP contribution in [0.15, 0.2) is 60.8 Å². The second-order valence-corrected chi connectivity index (χ2v) is 6.46. The molecule has 0 spiro atoms. The van der Waals surface area contributed by atoms with Crippen LogP contribution in [0.4, 0.5) is 11.8 Å². The molecule has 146 valence electrons. The summed E-state index contributed by atoms with van der Waals surface area (Å²) in [6.45, 7) is 1.90. The third-order valence-corrected chi connectivity index (χ3v) is 4.25. The minimum Gasteiger partial charge on any atom is -0.497 e. The number of anilines is 2. The largest absolute Gasteiger partial charge is 0.497 e. The van der Waals surface area contributed by atoms with Gasteiger partial charge in [0.15, 0.2) is 0 Å². The van der Waals surface area contributed by atoms with Gasteiger partial charge in [0.2, 0.25) is 5.95 Å². The average molecular weight is 399 g/mol. The zero-order valence-corrected chi connectivity index (χ0v) is 16.4. The Balaban J connectivity index is 1.39. The molecular weight excluding hydrogens is 376 g/mol. The second-order valence-electron chi connectivity index (χ2n) is 6.02. The Kier molecular flexibility index (Phi) is 7.32. The van der Waals surface area contributed by atoms with Gasteiger partial charge in [-0.3, -0.25) is 0 Å². The first kappa shape index (κ1) is 19.8. The van der Waals surface area contributed by atoms with Gasteiger partial charge >= 0.3 is 0 Å². The minimum absolute atomic E-state index is 0.523. The lowest BCUT2D eigenvalue weighted by atomic mass is 10.1. The van der Waals surface area contributed by atoms with E-state index in [2.05, 4.69) is 20.6 Å². The summed E-state index contributed by atoms with van der Waals surface area (Å²) in [5.74, 6) is 2.95. The van der Waals surface area contributed by atoms with E-state index in [0.29, 0.717) is 19.1 Å². The van der Waals surface area contributed by atoms with Crippen LogP contribution in [0.2, 0.25) is 5.02 Å². The van der Waals surface area contributed by atoms with Gasteiger partial charge in [0, 0.05) is 17.8 Å². The predicted octanol–water partition coefficient (Wildman–Crippen LogP) is 4.28. The van der Waals surface area contributed by atoms with E-state index in [4.69, 9.17) is 21.1 Å². The summed E-state index contributed by atoms with van der Waals surface area (Å²) < 4.78 is 10.8. The van der Waals surface area contributed by atoms with Crippen LogP contribution in [-0.2, 0) is 6.42 Å². The van der Waals surface area contributed by atoms with Gasteiger partial charge in [0.05, 0.1) is 13.7 Å². The SMILES string of the molecule is COc1ccc(OCCNc2ccnc(NCCc3ccc(Cl)cc3)n2)cc1. The smallest absolute Gasteiger partial charge is 0.224 e. The molecule has 2 aromatic carbocycles. The van der Waals surface area contributed by atoms with E-state index >= 15 is 0 Å². The van der Waals surface area contributed by atoms with Crippen molar-refractivity contribution >= 4 is 23.4 Å². The Bertz CT molecular complexity index is 857. The Morgan fingerprint density at radius 3 is 2.39 bits per heavy atom. The molecule has 0 aliphatic rings. The van der Waals surface area contributed by atoms with E-state index in [0.717, 1.165) is 35.3 Å². The molecule has 1 aromatic heterocycles. The monoisotopic (exact) mass is 398 g/mol. The zero-order valence-electron chi connectivity index (χ0n) is 15.7. The number of aromatic nitrogens is 2. The van der Waals surface area contributed by atoms with Crippen LogP contribution in [0.3, 0.4) is 0 Å². The Hall–Kier alpha value is -2.99. The fourth-order valence-corrected chi connectivity index (χ4v) is 2.66. The molecule has 0 aliphatic heterocycles. The van der Waals surface area contributed by atoms with E-state index < -0.39 is 0 Å². The third kappa shape index (κ3) is 6.32. The summed E-state index contributed by atoms with van der Waals surface area (Å²) in [4.78, 5) is 8.71. The number of methoxy groups -OCH3 is 1. The van der Waals surface area contributed by atoms with Gasteiger partial charge in [-0.2, -0.15) is 4.98 Å². The number of halogens is 1. The maximum Gasteiger partial charge on any atom is 0.224 e. The van der Waals surface area contributed by atoms with Crippen molar-refractivity contribution in [3.63, 3.8) is 0 Å². The van der Waals surface area contributed by atoms with Crippen molar-refractivity contribution < 1.29 is 9.47 Å². The number of rotatable bonds is 10. The molecule has 0 radical (unpaired) electrons. The van der Waals surface area contributed by atoms with Crippen LogP contribution in [0, 0.1) is 0 Å². The van der Waals surface area contributed by atoms with Crippen LogP contribution >= 0.6 is 11.6 Å². The molecule has 0 saturated heterocycles. The number of hydrogen-bond acceptors (Lipinski definition) is 6. The molecule has 28 heavy (non-hydrogen) atoms. The van der Waals surface area contributed by atoms with Gasteiger partial charge in [-0.05, 0) is 54.4 Å². The van der Waals surface area contributed by atoms with Crippen LogP contribution in [0.5, 0.6) is 11.5 Å². The molecule has 0 aliphatic carbocycles. The fraction of sp³-hybridized carbons (Fsp3) is 0.238. The first-order valence-corrected chi connectivity index (χ1v) is 9.43. The van der Waals surface area contributed by atoms with Crippen LogP contribution < -0.4 is 20.1 Å². The van der Waals surface area contributed by atoms with Gasteiger partial charge in [0.1, 0.15) is 23.9 Å². The molecule has 0 atom stereocenters. The summed E-state index contributed by atoms with van der Waals surface area (Å²) in [5, 5.41) is 7.22. The topological polar surface area (TPSA) is 68.3 Å². The van der Waals surface area contributed by atoms with Crippen molar-refractivity contribution in [2.45, 2.75) is 6.42 Å². The quantitative estimate of drug-likeness (QED) is 0.497. The lowest BCUT2D eigenvalue weighted by molar-refractivity contribution is 0.331. The summed E-state index contributed by atoms with van der Waals surface area (Å²) in [5.41, 5.74) is 1.21. The number of nitrogens with zero attached hydrogens (tertiary/aromatic N) is 2. The van der Waals surface area contributed by atoms with Crippen LogP contribution in [-0.4, -0.2) is 36.8 Å². The van der Waals surface area contributed by atoms with Crippen molar-refractivity contribution in [2.75, 3.05) is 37.4 Å². The maximum atomic E-state index is 5.90. The van der Waals surface area contributed by atoms with Crippen LogP contribution in [0.1, 0.15) is 5.56 Å². The molecule has 2 N–H and O–H groups in total. The molecule has 1 heterocycles. The summed E-state index contributed by atoms with van der Waals surface area (Å²) in [6, 6.07) is 17.2. The molecule has 6 nitrogen and oxygen atoms in total. The highest BCUT2D eigenvalue weighted by Gasteiger charge is 2.00. The van der Waals surface area contributed by atoms with Crippen molar-refractivity contribution in [3.8, 4) is 11.5 Å². The molecule has 3 rings (SSSR count). The van der Waals surface area contributed by atoms with E-state index in [9.17, 15) is 0 Å². The summed E-state index contributed by atoms with van der Waals surface area (Å²) in [7, 11) is 1.64. The average Bonchev–Trinajstić information content (AvgIpc) is 2.73. The van der Waals surface area contributed by atoms with Gasteiger partial charge in [-0.25, -0.2) is 4.98 Å². The summed E-state index contributed by atoms with van der Waals surface area (Å²) >= 11 is 5.90. The van der Waals surface area contributed by atoms with Crippen LogP contribution in [0.25, 0.3) is 0 Å². The second kappa shape index (κ2) is 10.4. The van der Waals surface area contributed by atoms with Crippen molar-refractivity contribution in [1.82, 2.24) is 9.97 Å². The van der Waals surface area contributed by atoms with Gasteiger partial charge < -0.3 is 20.1 Å². The molecular formula is C21H23ClN4O2. The van der Waals surface area contributed by atoms with E-state index in [1.165, 1.54) is 5.56 Å². The molecule has 0 unspecified atom stereocenters. The zero-order chi connectivity index (χ0) is 19.6. The third-order valence-electron chi connectivity index (χ3n) is 4.00. The number of hydrogen-bond donors (Lipinski definition) is 2. The van der Waals surface area contributed by atoms with Gasteiger partial charge in [-0.1, -0.05) is 23.7 Å². The molecule has 0 fully saturated rings. The highest BCUT2D eigenvalue weighted by Crippen LogP contribution is 2.17. The van der Waals surface area contributed by atoms with E-state index in [-0.39, 0.29) is 0 Å². The number of nitrogens with one attached hydrogen (secondary N) is 2. The highest BCUT2D eigenvalue weighted by molar-refractivity contribution is 6.30. The first-order valence-electron chi connectivity index (χ1n) is 9.05. The predicted molar refractivity (Wildman–Crippen MR) is 113 cm³/mol. The molecule has 3 aromatic rings. The minimum atomic E-state index is 0.523. The molecule has 0 amide bonds. The number of benzene rings is 2. The summed E-state index contributed by atoms with van der Waals surface area (Å²) in [6.07, 6.45) is 2.60. The Labute approximate surface area is 169 Å². The fourth-order valence-electron chi connectivity index (χ4n) is 2.53. The van der Waals surface area contributed by atoms with E-state index in [1.54, 1.807) is 13.3 Å². The van der Waals surface area contributed by atoms with Crippen molar-refractivity contribution in [2.24, 2.45) is 0 Å². The molecule has 0 bridgehead atoms. The Morgan fingerprint density at radius 1 is 0.893 bits per heavy atom. The maximum absolute atomic E-state index is 5.90. The first-order chi connectivity index (χ1) is 13.7. The molecule has 7 heteroatoms. The normalized spacial score (nSPS) is 10.4. The van der Waals surface area contributed by atoms with Gasteiger partial charge in [0.25, 0.3) is 0 Å². The number of ether oxygens (including phenoxy) is 2. The van der Waals surface area contributed by atoms with Gasteiger partial charge in [-0.15, -0.1) is 0 Å². The van der Waals surface area contributed by atoms with Crippen molar-refractivity contribution in [3.05, 3.63) is 71.4 Å². The van der Waals surface area contributed by atoms with E-state index in [1.807, 2.05) is 54.6 Å².